The number of amides is 2. The Hall–Kier alpha value is -2.38. The van der Waals surface area contributed by atoms with Gasteiger partial charge >= 0.3 is 0 Å². The zero-order chi connectivity index (χ0) is 14.7. The minimum Gasteiger partial charge on any atom is -0.451 e. The van der Waals surface area contributed by atoms with Crippen LogP contribution < -0.4 is 10.8 Å². The highest BCUT2D eigenvalue weighted by Crippen LogP contribution is 2.18. The SMILES string of the molecule is C.C[C@@H](O)[C@H](NC(=O)c1cc2ccccc2o1)C(=O)NO. The third kappa shape index (κ3) is 3.59. The summed E-state index contributed by atoms with van der Waals surface area (Å²) in [6, 6.07) is 7.31. The molecule has 0 unspecified atom stereocenters. The Morgan fingerprint density at radius 1 is 1.29 bits per heavy atom. The van der Waals surface area contributed by atoms with Crippen molar-refractivity contribution in [2.24, 2.45) is 0 Å². The minimum atomic E-state index is -1.28. The van der Waals surface area contributed by atoms with E-state index < -0.39 is 24.0 Å². The molecule has 4 N–H and O–H groups in total. The van der Waals surface area contributed by atoms with Gasteiger partial charge in [0, 0.05) is 5.39 Å². The summed E-state index contributed by atoms with van der Waals surface area (Å²) in [6.45, 7) is 1.32. The first-order chi connectivity index (χ1) is 9.52. The van der Waals surface area contributed by atoms with Crippen LogP contribution >= 0.6 is 0 Å². The lowest BCUT2D eigenvalue weighted by Crippen LogP contribution is -2.51. The summed E-state index contributed by atoms with van der Waals surface area (Å²) < 4.78 is 5.34. The van der Waals surface area contributed by atoms with Crippen LogP contribution in [0.3, 0.4) is 0 Å². The van der Waals surface area contributed by atoms with Gasteiger partial charge in [-0.1, -0.05) is 25.6 Å². The maximum Gasteiger partial charge on any atom is 0.287 e. The van der Waals surface area contributed by atoms with Crippen LogP contribution in [0.15, 0.2) is 34.7 Å². The molecule has 0 aliphatic heterocycles. The van der Waals surface area contributed by atoms with Crippen molar-refractivity contribution in [3.63, 3.8) is 0 Å². The first kappa shape index (κ1) is 16.7. The topological polar surface area (TPSA) is 112 Å². The molecule has 2 atom stereocenters. The van der Waals surface area contributed by atoms with E-state index in [0.29, 0.717) is 5.58 Å². The summed E-state index contributed by atoms with van der Waals surface area (Å²) in [5, 5.41) is 21.0. The van der Waals surface area contributed by atoms with E-state index >= 15 is 0 Å². The van der Waals surface area contributed by atoms with Gasteiger partial charge in [0.1, 0.15) is 11.6 Å². The van der Waals surface area contributed by atoms with Crippen LogP contribution in [-0.4, -0.2) is 34.3 Å². The van der Waals surface area contributed by atoms with Crippen LogP contribution in [0.5, 0.6) is 0 Å². The molecule has 7 heteroatoms. The van der Waals surface area contributed by atoms with Gasteiger partial charge in [-0.15, -0.1) is 0 Å². The number of aliphatic hydroxyl groups excluding tert-OH is 1. The Balaban J connectivity index is 0.00000220. The molecular formula is C14H18N2O5. The number of furan rings is 1. The van der Waals surface area contributed by atoms with Crippen molar-refractivity contribution >= 4 is 22.8 Å². The van der Waals surface area contributed by atoms with Crippen molar-refractivity contribution in [1.29, 1.82) is 0 Å². The average molecular weight is 294 g/mol. The molecule has 0 spiro atoms. The quantitative estimate of drug-likeness (QED) is 0.497. The summed E-state index contributed by atoms with van der Waals surface area (Å²) in [6.07, 6.45) is -1.17. The molecule has 2 rings (SSSR count). The van der Waals surface area contributed by atoms with Gasteiger partial charge in [0.15, 0.2) is 5.76 Å². The van der Waals surface area contributed by atoms with Crippen molar-refractivity contribution in [3.05, 3.63) is 36.1 Å². The van der Waals surface area contributed by atoms with Crippen molar-refractivity contribution in [3.8, 4) is 0 Å². The second-order valence-corrected chi connectivity index (χ2v) is 4.32. The zero-order valence-corrected chi connectivity index (χ0v) is 10.7. The maximum atomic E-state index is 12.0. The van der Waals surface area contributed by atoms with E-state index in [4.69, 9.17) is 9.62 Å². The van der Waals surface area contributed by atoms with Gasteiger partial charge < -0.3 is 14.8 Å². The van der Waals surface area contributed by atoms with Crippen LogP contribution in [0.2, 0.25) is 0 Å². The molecule has 21 heavy (non-hydrogen) atoms. The van der Waals surface area contributed by atoms with Crippen molar-refractivity contribution < 1.29 is 24.3 Å². The number of para-hydroxylation sites is 1. The number of hydrogen-bond acceptors (Lipinski definition) is 5. The summed E-state index contributed by atoms with van der Waals surface area (Å²) in [4.78, 5) is 23.3. The molecule has 2 amide bonds. The monoisotopic (exact) mass is 294 g/mol. The molecule has 0 fully saturated rings. The van der Waals surface area contributed by atoms with Crippen LogP contribution in [0.25, 0.3) is 11.0 Å². The summed E-state index contributed by atoms with van der Waals surface area (Å²) in [5.74, 6) is -1.55. The Morgan fingerprint density at radius 2 is 1.95 bits per heavy atom. The second-order valence-electron chi connectivity index (χ2n) is 4.32. The largest absolute Gasteiger partial charge is 0.451 e. The van der Waals surface area contributed by atoms with Crippen molar-refractivity contribution in [2.45, 2.75) is 26.5 Å². The molecule has 0 bridgehead atoms. The van der Waals surface area contributed by atoms with Crippen LogP contribution in [0, 0.1) is 0 Å². The number of fused-ring (bicyclic) bond motifs is 1. The highest BCUT2D eigenvalue weighted by atomic mass is 16.5. The fourth-order valence-corrected chi connectivity index (χ4v) is 1.78. The number of aliphatic hydroxyl groups is 1. The maximum absolute atomic E-state index is 12.0. The van der Waals surface area contributed by atoms with Crippen LogP contribution in [0.4, 0.5) is 0 Å². The molecule has 1 aromatic heterocycles. The van der Waals surface area contributed by atoms with E-state index in [1.54, 1.807) is 24.3 Å². The lowest BCUT2D eigenvalue weighted by Gasteiger charge is -2.18. The number of carbonyl (C=O) groups is 2. The van der Waals surface area contributed by atoms with Gasteiger partial charge in [-0.05, 0) is 19.1 Å². The van der Waals surface area contributed by atoms with E-state index in [1.165, 1.54) is 18.5 Å². The van der Waals surface area contributed by atoms with Crippen LogP contribution in [-0.2, 0) is 4.79 Å². The van der Waals surface area contributed by atoms with Gasteiger partial charge in [-0.3, -0.25) is 14.8 Å². The number of hydrogen-bond donors (Lipinski definition) is 4. The molecule has 0 radical (unpaired) electrons. The molecule has 114 valence electrons. The number of nitrogens with one attached hydrogen (secondary N) is 2. The first-order valence-electron chi connectivity index (χ1n) is 5.94. The number of carbonyl (C=O) groups excluding carboxylic acids is 2. The molecular weight excluding hydrogens is 276 g/mol. The predicted octanol–water partition coefficient (Wildman–Crippen LogP) is 1.05. The summed E-state index contributed by atoms with van der Waals surface area (Å²) in [5.41, 5.74) is 1.93. The lowest BCUT2D eigenvalue weighted by atomic mass is 10.1. The molecule has 7 nitrogen and oxygen atoms in total. The molecule has 0 saturated carbocycles. The molecule has 2 aromatic rings. The Bertz CT molecular complexity index is 602. The summed E-state index contributed by atoms with van der Waals surface area (Å²) in [7, 11) is 0. The molecule has 0 saturated heterocycles. The van der Waals surface area contributed by atoms with E-state index in [2.05, 4.69) is 5.32 Å². The number of rotatable bonds is 4. The third-order valence-electron chi connectivity index (χ3n) is 2.81. The smallest absolute Gasteiger partial charge is 0.287 e. The van der Waals surface area contributed by atoms with Crippen molar-refractivity contribution in [2.75, 3.05) is 0 Å². The highest BCUT2D eigenvalue weighted by Gasteiger charge is 2.26. The number of benzene rings is 1. The fraction of sp³-hybridized carbons (Fsp3) is 0.286. The van der Waals surface area contributed by atoms with Gasteiger partial charge in [0.2, 0.25) is 0 Å². The van der Waals surface area contributed by atoms with E-state index in [9.17, 15) is 14.7 Å². The predicted molar refractivity (Wildman–Crippen MR) is 75.8 cm³/mol. The Labute approximate surface area is 121 Å². The fourth-order valence-electron chi connectivity index (χ4n) is 1.78. The first-order valence-corrected chi connectivity index (χ1v) is 5.94. The second kappa shape index (κ2) is 6.87. The lowest BCUT2D eigenvalue weighted by molar-refractivity contribution is -0.133. The normalized spacial score (nSPS) is 13.1. The third-order valence-corrected chi connectivity index (χ3v) is 2.81. The van der Waals surface area contributed by atoms with Gasteiger partial charge in [-0.25, -0.2) is 5.48 Å². The standard InChI is InChI=1S/C13H14N2O5.CH4/c1-7(16)11(13(18)15-19)14-12(17)10-6-8-4-2-3-5-9(8)20-10;/h2-7,11,16,19H,1H3,(H,14,17)(H,15,18);1H4/t7-,11+;/m1./s1. The van der Waals surface area contributed by atoms with Crippen molar-refractivity contribution in [1.82, 2.24) is 10.8 Å². The summed E-state index contributed by atoms with van der Waals surface area (Å²) >= 11 is 0. The molecule has 1 heterocycles. The highest BCUT2D eigenvalue weighted by molar-refractivity contribution is 5.98. The molecule has 0 aliphatic rings. The van der Waals surface area contributed by atoms with Crippen LogP contribution in [0.1, 0.15) is 24.9 Å². The average Bonchev–Trinajstić information content (AvgIpc) is 2.87. The van der Waals surface area contributed by atoms with E-state index in [1.807, 2.05) is 0 Å². The van der Waals surface area contributed by atoms with Gasteiger partial charge in [0.05, 0.1) is 6.10 Å². The van der Waals surface area contributed by atoms with Gasteiger partial charge in [-0.2, -0.15) is 0 Å². The Kier molecular flexibility index (Phi) is 5.45. The molecule has 0 aliphatic carbocycles. The molecule has 1 aromatic carbocycles. The Morgan fingerprint density at radius 3 is 2.52 bits per heavy atom. The van der Waals surface area contributed by atoms with E-state index in [0.717, 1.165) is 5.39 Å². The number of hydroxylamine groups is 1. The zero-order valence-electron chi connectivity index (χ0n) is 10.7. The van der Waals surface area contributed by atoms with Gasteiger partial charge in [0.25, 0.3) is 11.8 Å². The minimum absolute atomic E-state index is 0. The van der Waals surface area contributed by atoms with E-state index in [-0.39, 0.29) is 13.2 Å².